The molecule has 1 heterocycles. The van der Waals surface area contributed by atoms with Gasteiger partial charge in [-0.1, -0.05) is 40.6 Å². The van der Waals surface area contributed by atoms with Crippen molar-refractivity contribution in [2.24, 2.45) is 7.05 Å². The van der Waals surface area contributed by atoms with Gasteiger partial charge in [0, 0.05) is 28.9 Å². The highest BCUT2D eigenvalue weighted by Crippen LogP contribution is 2.23. The molecule has 0 bridgehead atoms. The fraction of sp³-hybridized carbons (Fsp3) is 0.0588. The number of carbonyl (C=O) groups is 1. The molecule has 3 aromatic rings. The molecule has 0 fully saturated rings. The van der Waals surface area contributed by atoms with E-state index in [-0.39, 0.29) is 10.8 Å². The van der Waals surface area contributed by atoms with Gasteiger partial charge < -0.3 is 9.88 Å². The van der Waals surface area contributed by atoms with Crippen LogP contribution in [0.5, 0.6) is 0 Å². The molecule has 4 nitrogen and oxygen atoms in total. The van der Waals surface area contributed by atoms with Crippen LogP contribution in [0.4, 0.5) is 5.69 Å². The summed E-state index contributed by atoms with van der Waals surface area (Å²) in [5.41, 5.74) is 2.17. The summed E-state index contributed by atoms with van der Waals surface area (Å²) in [7, 11) is 1.72. The molecule has 122 valence electrons. The fourth-order valence-electron chi connectivity index (χ4n) is 2.20. The SMILES string of the molecule is Cn1c(=O)sc2cc(NC(=O)/C=C/c3ccc(Cl)cc3Cl)ccc21. The monoisotopic (exact) mass is 378 g/mol. The minimum atomic E-state index is -0.288. The molecule has 1 aromatic heterocycles. The number of hydrogen-bond donors (Lipinski definition) is 1. The summed E-state index contributed by atoms with van der Waals surface area (Å²) in [5, 5.41) is 3.78. The van der Waals surface area contributed by atoms with E-state index in [9.17, 15) is 9.59 Å². The molecule has 0 atom stereocenters. The Morgan fingerprint density at radius 2 is 2.00 bits per heavy atom. The first-order chi connectivity index (χ1) is 11.4. The van der Waals surface area contributed by atoms with E-state index in [1.165, 1.54) is 6.08 Å². The zero-order chi connectivity index (χ0) is 17.3. The number of aryl methyl sites for hydroxylation is 1. The summed E-state index contributed by atoms with van der Waals surface area (Å²) in [5.74, 6) is -0.288. The molecule has 3 rings (SSSR count). The molecule has 0 spiro atoms. The standard InChI is InChI=1S/C17H12Cl2N2O2S/c1-21-14-6-5-12(9-15(14)24-17(21)23)20-16(22)7-3-10-2-4-11(18)8-13(10)19/h2-9H,1H3,(H,20,22)/b7-3+. The van der Waals surface area contributed by atoms with Crippen molar-refractivity contribution in [1.82, 2.24) is 4.57 Å². The van der Waals surface area contributed by atoms with Crippen LogP contribution in [0.2, 0.25) is 10.0 Å². The number of nitrogens with one attached hydrogen (secondary N) is 1. The van der Waals surface area contributed by atoms with E-state index >= 15 is 0 Å². The second-order valence-corrected chi connectivity index (χ2v) is 6.93. The van der Waals surface area contributed by atoms with Crippen molar-refractivity contribution >= 4 is 62.4 Å². The molecule has 24 heavy (non-hydrogen) atoms. The number of amides is 1. The predicted molar refractivity (Wildman–Crippen MR) is 101 cm³/mol. The van der Waals surface area contributed by atoms with E-state index < -0.39 is 0 Å². The van der Waals surface area contributed by atoms with E-state index in [4.69, 9.17) is 23.2 Å². The minimum Gasteiger partial charge on any atom is -0.322 e. The molecule has 0 radical (unpaired) electrons. The Balaban J connectivity index is 1.77. The Kier molecular flexibility index (Phi) is 4.76. The van der Waals surface area contributed by atoms with Gasteiger partial charge in [-0.05, 0) is 42.0 Å². The number of hydrogen-bond acceptors (Lipinski definition) is 3. The fourth-order valence-corrected chi connectivity index (χ4v) is 3.59. The third kappa shape index (κ3) is 3.53. The van der Waals surface area contributed by atoms with E-state index in [1.54, 1.807) is 48.0 Å². The van der Waals surface area contributed by atoms with Crippen LogP contribution in [0, 0.1) is 0 Å². The van der Waals surface area contributed by atoms with Crippen molar-refractivity contribution in [3.63, 3.8) is 0 Å². The Morgan fingerprint density at radius 1 is 1.21 bits per heavy atom. The molecule has 0 aliphatic carbocycles. The number of benzene rings is 2. The maximum atomic E-state index is 12.0. The number of halogens is 2. The van der Waals surface area contributed by atoms with Crippen LogP contribution in [0.15, 0.2) is 47.3 Å². The lowest BCUT2D eigenvalue weighted by Crippen LogP contribution is -2.08. The summed E-state index contributed by atoms with van der Waals surface area (Å²) in [4.78, 5) is 23.7. The number of thiazole rings is 1. The predicted octanol–water partition coefficient (Wildman–Crippen LogP) is 4.56. The first kappa shape index (κ1) is 16.8. The van der Waals surface area contributed by atoms with E-state index in [0.29, 0.717) is 21.3 Å². The quantitative estimate of drug-likeness (QED) is 0.679. The molecule has 0 saturated heterocycles. The molecule has 0 aliphatic heterocycles. The molecule has 7 heteroatoms. The Labute approximate surface area is 151 Å². The van der Waals surface area contributed by atoms with Crippen LogP contribution in [0.3, 0.4) is 0 Å². The summed E-state index contributed by atoms with van der Waals surface area (Å²) >= 11 is 13.0. The topological polar surface area (TPSA) is 51.1 Å². The molecule has 1 amide bonds. The van der Waals surface area contributed by atoms with Crippen molar-refractivity contribution in [2.75, 3.05) is 5.32 Å². The molecule has 0 unspecified atom stereocenters. The lowest BCUT2D eigenvalue weighted by atomic mass is 10.2. The first-order valence-corrected chi connectivity index (χ1v) is 8.55. The van der Waals surface area contributed by atoms with Gasteiger partial charge in [0.15, 0.2) is 0 Å². The van der Waals surface area contributed by atoms with Gasteiger partial charge in [0.2, 0.25) is 5.91 Å². The smallest absolute Gasteiger partial charge is 0.307 e. The zero-order valence-electron chi connectivity index (χ0n) is 12.5. The van der Waals surface area contributed by atoms with Crippen LogP contribution in [0.1, 0.15) is 5.56 Å². The number of fused-ring (bicyclic) bond motifs is 1. The number of carbonyl (C=O) groups excluding carboxylic acids is 1. The van der Waals surface area contributed by atoms with Gasteiger partial charge >= 0.3 is 4.87 Å². The minimum absolute atomic E-state index is 0.0363. The van der Waals surface area contributed by atoms with Crippen LogP contribution in [0.25, 0.3) is 16.3 Å². The van der Waals surface area contributed by atoms with Gasteiger partial charge in [0.05, 0.1) is 10.2 Å². The summed E-state index contributed by atoms with van der Waals surface area (Å²) in [6.07, 6.45) is 3.01. The van der Waals surface area contributed by atoms with Crippen molar-refractivity contribution in [2.45, 2.75) is 0 Å². The van der Waals surface area contributed by atoms with Crippen molar-refractivity contribution in [3.05, 3.63) is 67.8 Å². The third-order valence-corrected chi connectivity index (χ3v) is 4.99. The Hall–Kier alpha value is -2.08. The maximum absolute atomic E-state index is 12.0. The highest BCUT2D eigenvalue weighted by atomic mass is 35.5. The normalized spacial score (nSPS) is 11.3. The lowest BCUT2D eigenvalue weighted by molar-refractivity contribution is -0.111. The van der Waals surface area contributed by atoms with Gasteiger partial charge in [-0.15, -0.1) is 0 Å². The van der Waals surface area contributed by atoms with Crippen LogP contribution in [-0.2, 0) is 11.8 Å². The molecule has 0 aliphatic rings. The summed E-state index contributed by atoms with van der Waals surface area (Å²) in [6, 6.07) is 10.4. The Morgan fingerprint density at radius 3 is 2.75 bits per heavy atom. The van der Waals surface area contributed by atoms with Crippen molar-refractivity contribution < 1.29 is 4.79 Å². The average molecular weight is 379 g/mol. The van der Waals surface area contributed by atoms with Gasteiger partial charge in [-0.25, -0.2) is 0 Å². The molecule has 0 saturated carbocycles. The maximum Gasteiger partial charge on any atom is 0.307 e. The highest BCUT2D eigenvalue weighted by molar-refractivity contribution is 7.16. The lowest BCUT2D eigenvalue weighted by Gasteiger charge is -2.03. The summed E-state index contributed by atoms with van der Waals surface area (Å²) < 4.78 is 2.40. The van der Waals surface area contributed by atoms with Crippen LogP contribution < -0.4 is 10.2 Å². The number of nitrogens with zero attached hydrogens (tertiary/aromatic N) is 1. The summed E-state index contributed by atoms with van der Waals surface area (Å²) in [6.45, 7) is 0. The Bertz CT molecular complexity index is 1020. The zero-order valence-corrected chi connectivity index (χ0v) is 14.9. The van der Waals surface area contributed by atoms with Gasteiger partial charge in [0.1, 0.15) is 0 Å². The van der Waals surface area contributed by atoms with Crippen molar-refractivity contribution in [3.8, 4) is 0 Å². The largest absolute Gasteiger partial charge is 0.322 e. The van der Waals surface area contributed by atoms with Crippen molar-refractivity contribution in [1.29, 1.82) is 0 Å². The third-order valence-electron chi connectivity index (χ3n) is 3.44. The highest BCUT2D eigenvalue weighted by Gasteiger charge is 2.06. The van der Waals surface area contributed by atoms with E-state index in [0.717, 1.165) is 21.6 Å². The van der Waals surface area contributed by atoms with Crippen LogP contribution >= 0.6 is 34.5 Å². The van der Waals surface area contributed by atoms with Gasteiger partial charge in [-0.3, -0.25) is 9.59 Å². The average Bonchev–Trinajstić information content (AvgIpc) is 2.81. The molecular weight excluding hydrogens is 367 g/mol. The van der Waals surface area contributed by atoms with Gasteiger partial charge in [0.25, 0.3) is 0 Å². The molecule has 2 aromatic carbocycles. The second kappa shape index (κ2) is 6.81. The molecule has 1 N–H and O–H groups in total. The van der Waals surface area contributed by atoms with Crippen LogP contribution in [-0.4, -0.2) is 10.5 Å². The first-order valence-electron chi connectivity index (χ1n) is 6.98. The number of anilines is 1. The van der Waals surface area contributed by atoms with E-state index in [1.807, 2.05) is 6.07 Å². The number of rotatable bonds is 3. The van der Waals surface area contributed by atoms with E-state index in [2.05, 4.69) is 5.32 Å². The number of aromatic nitrogens is 1. The van der Waals surface area contributed by atoms with Gasteiger partial charge in [-0.2, -0.15) is 0 Å². The second-order valence-electron chi connectivity index (χ2n) is 5.10. The molecular formula is C17H12Cl2N2O2S.